The molecule has 3 heterocycles. The molecule has 348 valence electrons. The fourth-order valence-corrected chi connectivity index (χ4v) is 9.32. The summed E-state index contributed by atoms with van der Waals surface area (Å²) in [4.78, 5) is 57.9. The number of hydrogen-bond acceptors (Lipinski definition) is 10. The fraction of sp³-hybridized carbons (Fsp3) is 0.321. The van der Waals surface area contributed by atoms with Gasteiger partial charge in [-0.25, -0.2) is 4.79 Å². The van der Waals surface area contributed by atoms with E-state index in [0.29, 0.717) is 66.9 Å². The van der Waals surface area contributed by atoms with Crippen LogP contribution in [0.3, 0.4) is 0 Å². The van der Waals surface area contributed by atoms with Crippen LogP contribution < -0.4 is 20.9 Å². The van der Waals surface area contributed by atoms with Crippen LogP contribution in [0, 0.1) is 5.92 Å². The Hall–Kier alpha value is -6.84. The number of aliphatic hydroxyl groups is 2. The number of nitrogens with zero attached hydrogens (tertiary/aromatic N) is 2. The van der Waals surface area contributed by atoms with Crippen LogP contribution in [0.4, 0.5) is 0 Å². The summed E-state index contributed by atoms with van der Waals surface area (Å²) in [6.07, 6.45) is 2.92. The molecule has 67 heavy (non-hydrogen) atoms. The molecular weight excluding hydrogens is 851 g/mol. The van der Waals surface area contributed by atoms with Crippen LogP contribution in [-0.4, -0.2) is 105 Å². The minimum atomic E-state index is -2.35. The number of hydrogen-bond donors (Lipinski definition) is 7. The fourth-order valence-electron chi connectivity index (χ4n) is 9.32. The first-order valence-electron chi connectivity index (χ1n) is 22.9. The maximum atomic E-state index is 13.3. The number of aromatic amines is 1. The van der Waals surface area contributed by atoms with Crippen molar-refractivity contribution in [3.63, 3.8) is 0 Å². The second-order valence-corrected chi connectivity index (χ2v) is 17.6. The van der Waals surface area contributed by atoms with E-state index < -0.39 is 17.7 Å². The molecule has 14 heteroatoms. The summed E-state index contributed by atoms with van der Waals surface area (Å²) >= 11 is 0. The molecule has 0 aliphatic carbocycles. The second-order valence-electron chi connectivity index (χ2n) is 17.6. The Labute approximate surface area is 388 Å². The number of piperidine rings is 1. The lowest BCUT2D eigenvalue weighted by atomic mass is 9.80. The quantitative estimate of drug-likeness (QED) is 0.0553. The average molecular weight is 908 g/mol. The van der Waals surface area contributed by atoms with E-state index in [4.69, 9.17) is 4.74 Å². The van der Waals surface area contributed by atoms with Gasteiger partial charge in [-0.2, -0.15) is 0 Å². The number of rotatable bonds is 18. The van der Waals surface area contributed by atoms with Gasteiger partial charge in [-0.3, -0.25) is 19.3 Å². The Kier molecular flexibility index (Phi) is 14.8. The van der Waals surface area contributed by atoms with Crippen molar-refractivity contribution in [1.29, 1.82) is 0 Å². The number of phenolic OH excluding ortho intramolecular Hbond substituents is 1. The van der Waals surface area contributed by atoms with Crippen LogP contribution >= 0.6 is 0 Å². The van der Waals surface area contributed by atoms with Crippen molar-refractivity contribution in [1.82, 2.24) is 25.4 Å². The highest BCUT2D eigenvalue weighted by molar-refractivity contribution is 5.94. The van der Waals surface area contributed by atoms with E-state index in [0.717, 1.165) is 43.6 Å². The van der Waals surface area contributed by atoms with Crippen molar-refractivity contribution in [2.75, 3.05) is 45.9 Å². The lowest BCUT2D eigenvalue weighted by Crippen LogP contribution is -2.39. The van der Waals surface area contributed by atoms with Crippen molar-refractivity contribution < 1.29 is 39.5 Å². The molecule has 3 atom stereocenters. The summed E-state index contributed by atoms with van der Waals surface area (Å²) in [6, 6.07) is 36.9. The zero-order valence-corrected chi connectivity index (χ0v) is 37.3. The third-order valence-electron chi connectivity index (χ3n) is 13.1. The first-order chi connectivity index (χ1) is 32.4. The van der Waals surface area contributed by atoms with Gasteiger partial charge in [-0.1, -0.05) is 84.9 Å². The SMILES string of the molecule is O=C(N[C@@H]1CCN(C(=O)COc2cccc([C@@](O)(C(=O)O)c3ccccc3CC3CCN(Cc4ccccc4)CC3)c2)C1)c1ccc(CCNC[C@H](O)c2ccc(O)c3[nH]c(=O)ccc23)cc1. The molecule has 5 aromatic carbocycles. The van der Waals surface area contributed by atoms with Gasteiger partial charge in [0.2, 0.25) is 11.2 Å². The predicted octanol–water partition coefficient (Wildman–Crippen LogP) is 5.28. The highest BCUT2D eigenvalue weighted by Crippen LogP contribution is 2.36. The summed E-state index contributed by atoms with van der Waals surface area (Å²) in [5.74, 6) is -1.42. The molecule has 0 spiro atoms. The standard InChI is InChI=1S/C53H57N5O9/c59-46-19-17-43(44-18-20-48(61)56-50(44)46)47(60)31-54-25-21-35-13-15-38(16-14-35)51(63)55-41-24-28-58(33-41)49(62)34-67-42-11-6-10-40(30-42)53(66,52(64)65)45-12-5-4-9-39(45)29-36-22-26-57(27-23-36)32-37-7-2-1-3-8-37/h1-20,30,36,41,47,54,59-60,66H,21-29,31-34H2,(H,55,63)(H,56,61)(H,64,65)/t41-,47+,53+/m1/s1. The van der Waals surface area contributed by atoms with Gasteiger partial charge in [-0.05, 0) is 116 Å². The summed E-state index contributed by atoms with van der Waals surface area (Å²) in [5, 5.41) is 50.4. The number of aromatic nitrogens is 1. The molecule has 14 nitrogen and oxygen atoms in total. The first kappa shape index (κ1) is 46.7. The van der Waals surface area contributed by atoms with Gasteiger partial charge in [0.15, 0.2) is 6.61 Å². The van der Waals surface area contributed by atoms with Crippen molar-refractivity contribution in [2.24, 2.45) is 5.92 Å². The van der Waals surface area contributed by atoms with Gasteiger partial charge in [0.25, 0.3) is 11.8 Å². The minimum Gasteiger partial charge on any atom is -0.506 e. The smallest absolute Gasteiger partial charge is 0.345 e. The maximum Gasteiger partial charge on any atom is 0.345 e. The Morgan fingerprint density at radius 3 is 2.37 bits per heavy atom. The predicted molar refractivity (Wildman–Crippen MR) is 254 cm³/mol. The van der Waals surface area contributed by atoms with Crippen molar-refractivity contribution >= 4 is 28.7 Å². The molecular formula is C53H57N5O9. The topological polar surface area (TPSA) is 205 Å². The molecule has 0 radical (unpaired) electrons. The zero-order valence-electron chi connectivity index (χ0n) is 37.3. The number of aromatic hydroxyl groups is 1. The number of aliphatic carboxylic acids is 1. The number of amides is 2. The Balaban J connectivity index is 0.792. The lowest BCUT2D eigenvalue weighted by Gasteiger charge is -2.33. The molecule has 2 aliphatic rings. The maximum absolute atomic E-state index is 13.3. The van der Waals surface area contributed by atoms with Crippen LogP contribution in [0.25, 0.3) is 10.9 Å². The number of fused-ring (bicyclic) bond motifs is 1. The van der Waals surface area contributed by atoms with E-state index in [1.165, 1.54) is 23.8 Å². The number of H-pyrrole nitrogens is 1. The second kappa shape index (κ2) is 21.2. The normalized spacial score (nSPS) is 16.9. The van der Waals surface area contributed by atoms with Gasteiger partial charge >= 0.3 is 5.97 Å². The average Bonchev–Trinajstić information content (AvgIpc) is 3.82. The number of likely N-dealkylation sites (tertiary alicyclic amines) is 2. The van der Waals surface area contributed by atoms with Crippen molar-refractivity contribution in [2.45, 2.75) is 56.4 Å². The molecule has 7 N–H and O–H groups in total. The highest BCUT2D eigenvalue weighted by atomic mass is 16.5. The summed E-state index contributed by atoms with van der Waals surface area (Å²) in [7, 11) is 0. The molecule has 0 saturated carbocycles. The van der Waals surface area contributed by atoms with Crippen LogP contribution in [-0.2, 0) is 34.6 Å². The molecule has 2 amide bonds. The molecule has 2 saturated heterocycles. The number of ether oxygens (including phenoxy) is 1. The number of nitrogens with one attached hydrogen (secondary N) is 3. The molecule has 2 fully saturated rings. The summed E-state index contributed by atoms with van der Waals surface area (Å²) in [5.41, 5.74) is 2.15. The summed E-state index contributed by atoms with van der Waals surface area (Å²) in [6.45, 7) is 4.03. The number of carboxylic acid groups (broad SMARTS) is 1. The van der Waals surface area contributed by atoms with Crippen molar-refractivity contribution in [3.8, 4) is 11.5 Å². The highest BCUT2D eigenvalue weighted by Gasteiger charge is 2.42. The van der Waals surface area contributed by atoms with E-state index in [-0.39, 0.29) is 59.1 Å². The minimum absolute atomic E-state index is 0.0678. The number of phenols is 1. The summed E-state index contributed by atoms with van der Waals surface area (Å²) < 4.78 is 5.90. The van der Waals surface area contributed by atoms with Gasteiger partial charge in [-0.15, -0.1) is 0 Å². The molecule has 6 aromatic rings. The molecule has 0 unspecified atom stereocenters. The molecule has 2 aliphatic heterocycles. The number of pyridine rings is 1. The van der Waals surface area contributed by atoms with Crippen LogP contribution in [0.2, 0.25) is 0 Å². The lowest BCUT2D eigenvalue weighted by molar-refractivity contribution is -0.155. The van der Waals surface area contributed by atoms with Gasteiger partial charge in [0.1, 0.15) is 11.5 Å². The number of carbonyl (C=O) groups is 3. The van der Waals surface area contributed by atoms with Crippen LogP contribution in [0.1, 0.15) is 69.1 Å². The van der Waals surface area contributed by atoms with E-state index in [2.05, 4.69) is 44.8 Å². The Morgan fingerprint density at radius 2 is 1.60 bits per heavy atom. The molecule has 8 rings (SSSR count). The van der Waals surface area contributed by atoms with Crippen molar-refractivity contribution in [3.05, 3.63) is 177 Å². The Morgan fingerprint density at radius 1 is 0.836 bits per heavy atom. The zero-order chi connectivity index (χ0) is 46.9. The monoisotopic (exact) mass is 907 g/mol. The molecule has 0 bridgehead atoms. The largest absolute Gasteiger partial charge is 0.506 e. The van der Waals surface area contributed by atoms with E-state index >= 15 is 0 Å². The first-order valence-corrected chi connectivity index (χ1v) is 22.9. The van der Waals surface area contributed by atoms with Gasteiger partial charge in [0.05, 0.1) is 11.6 Å². The van der Waals surface area contributed by atoms with E-state index in [1.54, 1.807) is 59.5 Å². The Bertz CT molecular complexity index is 2740. The number of carbonyl (C=O) groups excluding carboxylic acids is 2. The van der Waals surface area contributed by atoms with Gasteiger partial charge in [0, 0.05) is 60.4 Å². The number of benzene rings is 5. The van der Waals surface area contributed by atoms with E-state index in [1.807, 2.05) is 30.3 Å². The van der Waals surface area contributed by atoms with Gasteiger partial charge < -0.3 is 45.7 Å². The third kappa shape index (κ3) is 11.2. The third-order valence-corrected chi connectivity index (χ3v) is 13.1. The number of aliphatic hydroxyl groups excluding tert-OH is 1. The van der Waals surface area contributed by atoms with E-state index in [9.17, 15) is 39.6 Å². The van der Waals surface area contributed by atoms with Crippen LogP contribution in [0.15, 0.2) is 132 Å². The molecule has 1 aromatic heterocycles. The number of carboxylic acids is 1. The van der Waals surface area contributed by atoms with Crippen LogP contribution in [0.5, 0.6) is 11.5 Å².